The first-order valence-electron chi connectivity index (χ1n) is 8.46. The molecule has 1 saturated heterocycles. The fourth-order valence-electron chi connectivity index (χ4n) is 4.54. The third kappa shape index (κ3) is 3.40. The number of hydrogen-bond acceptors (Lipinski definition) is 4. The highest BCUT2D eigenvalue weighted by molar-refractivity contribution is 7.98. The van der Waals surface area contributed by atoms with E-state index in [0.29, 0.717) is 0 Å². The Morgan fingerprint density at radius 1 is 1.24 bits per heavy atom. The normalized spacial score (nSPS) is 34.4. The number of nitrogens with two attached hydrogens (primary N) is 1. The van der Waals surface area contributed by atoms with Crippen LogP contribution in [0.15, 0.2) is 0 Å². The second-order valence-electron chi connectivity index (χ2n) is 6.99. The van der Waals surface area contributed by atoms with Crippen molar-refractivity contribution in [1.82, 2.24) is 9.80 Å². The average molecular weight is 311 g/mol. The van der Waals surface area contributed by atoms with E-state index in [9.17, 15) is 4.79 Å². The highest BCUT2D eigenvalue weighted by atomic mass is 32.2. The zero-order valence-electron chi connectivity index (χ0n) is 13.2. The topological polar surface area (TPSA) is 49.6 Å². The van der Waals surface area contributed by atoms with Crippen molar-refractivity contribution in [2.45, 2.75) is 44.2 Å². The van der Waals surface area contributed by atoms with Gasteiger partial charge in [-0.3, -0.25) is 9.69 Å². The summed E-state index contributed by atoms with van der Waals surface area (Å²) in [6.07, 6.45) is 8.63. The van der Waals surface area contributed by atoms with E-state index in [1.54, 1.807) is 11.8 Å². The van der Waals surface area contributed by atoms with Crippen molar-refractivity contribution in [3.8, 4) is 0 Å². The molecule has 2 aliphatic carbocycles. The minimum atomic E-state index is -0.300. The van der Waals surface area contributed by atoms with Crippen LogP contribution in [0.5, 0.6) is 0 Å². The Hall–Kier alpha value is -0.260. The highest BCUT2D eigenvalue weighted by Crippen LogP contribution is 2.46. The van der Waals surface area contributed by atoms with Gasteiger partial charge in [-0.25, -0.2) is 0 Å². The summed E-state index contributed by atoms with van der Waals surface area (Å²) >= 11 is 1.76. The second kappa shape index (κ2) is 6.88. The van der Waals surface area contributed by atoms with Crippen molar-refractivity contribution in [3.05, 3.63) is 0 Å². The first kappa shape index (κ1) is 15.6. The van der Waals surface area contributed by atoms with Gasteiger partial charge < -0.3 is 10.6 Å². The van der Waals surface area contributed by atoms with E-state index in [1.165, 1.54) is 25.7 Å². The molecule has 2 saturated carbocycles. The van der Waals surface area contributed by atoms with Gasteiger partial charge in [0.15, 0.2) is 0 Å². The molecule has 0 aromatic heterocycles. The van der Waals surface area contributed by atoms with E-state index < -0.39 is 0 Å². The van der Waals surface area contributed by atoms with E-state index >= 15 is 0 Å². The number of carbonyl (C=O) groups excluding carboxylic acids is 1. The molecular weight excluding hydrogens is 282 g/mol. The molecule has 4 nitrogen and oxygen atoms in total. The van der Waals surface area contributed by atoms with Crippen LogP contribution in [0.25, 0.3) is 0 Å². The number of hydrogen-bond donors (Lipinski definition) is 1. The first-order valence-corrected chi connectivity index (χ1v) is 9.85. The van der Waals surface area contributed by atoms with E-state index in [2.05, 4.69) is 11.2 Å². The van der Waals surface area contributed by atoms with Gasteiger partial charge in [0, 0.05) is 32.2 Å². The van der Waals surface area contributed by atoms with Crippen LogP contribution < -0.4 is 5.73 Å². The van der Waals surface area contributed by atoms with Gasteiger partial charge in [0.1, 0.15) is 0 Å². The molecule has 0 aromatic rings. The number of nitrogens with zero attached hydrogens (tertiary/aromatic N) is 2. The Balaban J connectivity index is 1.45. The third-order valence-corrected chi connectivity index (χ3v) is 6.39. The first-order chi connectivity index (χ1) is 10.2. The van der Waals surface area contributed by atoms with Gasteiger partial charge in [-0.05, 0) is 49.5 Å². The second-order valence-corrected chi connectivity index (χ2v) is 7.98. The van der Waals surface area contributed by atoms with Crippen molar-refractivity contribution in [2.24, 2.45) is 17.6 Å². The molecule has 1 aliphatic heterocycles. The lowest BCUT2D eigenvalue weighted by Gasteiger charge is -2.41. The smallest absolute Gasteiger partial charge is 0.239 e. The summed E-state index contributed by atoms with van der Waals surface area (Å²) in [6, 6.07) is 0.512. The van der Waals surface area contributed by atoms with Crippen LogP contribution in [0.1, 0.15) is 32.1 Å². The van der Waals surface area contributed by atoms with Gasteiger partial charge >= 0.3 is 0 Å². The maximum atomic E-state index is 12.3. The van der Waals surface area contributed by atoms with Gasteiger partial charge in [0.05, 0.1) is 6.04 Å². The Morgan fingerprint density at radius 2 is 2.00 bits per heavy atom. The van der Waals surface area contributed by atoms with Gasteiger partial charge in [0.25, 0.3) is 0 Å². The molecule has 3 fully saturated rings. The van der Waals surface area contributed by atoms with E-state index in [4.69, 9.17) is 5.73 Å². The largest absolute Gasteiger partial charge is 0.339 e. The zero-order valence-corrected chi connectivity index (χ0v) is 14.0. The molecule has 0 radical (unpaired) electrons. The molecule has 0 spiro atoms. The van der Waals surface area contributed by atoms with Crippen molar-refractivity contribution < 1.29 is 4.79 Å². The van der Waals surface area contributed by atoms with Crippen LogP contribution >= 0.6 is 11.8 Å². The third-order valence-electron chi connectivity index (χ3n) is 5.75. The van der Waals surface area contributed by atoms with Crippen LogP contribution in [-0.4, -0.2) is 66.0 Å². The maximum Gasteiger partial charge on any atom is 0.239 e. The number of carbonyl (C=O) groups is 1. The summed E-state index contributed by atoms with van der Waals surface area (Å²) in [4.78, 5) is 17.0. The van der Waals surface area contributed by atoms with Crippen molar-refractivity contribution >= 4 is 17.7 Å². The highest BCUT2D eigenvalue weighted by Gasteiger charge is 2.43. The molecule has 2 bridgehead atoms. The van der Waals surface area contributed by atoms with E-state index in [0.717, 1.165) is 56.2 Å². The molecule has 21 heavy (non-hydrogen) atoms. The summed E-state index contributed by atoms with van der Waals surface area (Å²) < 4.78 is 0. The minimum Gasteiger partial charge on any atom is -0.339 e. The quantitative estimate of drug-likeness (QED) is 0.834. The fourth-order valence-corrected chi connectivity index (χ4v) is 5.02. The number of piperazine rings is 1. The van der Waals surface area contributed by atoms with Crippen LogP contribution in [0.4, 0.5) is 0 Å². The molecule has 1 heterocycles. The summed E-state index contributed by atoms with van der Waals surface area (Å²) in [6.45, 7) is 3.85. The molecule has 0 aromatic carbocycles. The molecule has 3 aliphatic rings. The molecule has 3 rings (SSSR count). The predicted molar refractivity (Wildman–Crippen MR) is 88.4 cm³/mol. The summed E-state index contributed by atoms with van der Waals surface area (Å²) in [7, 11) is 0. The number of amides is 1. The summed E-state index contributed by atoms with van der Waals surface area (Å²) in [5.41, 5.74) is 6.02. The van der Waals surface area contributed by atoms with Gasteiger partial charge in [-0.2, -0.15) is 11.8 Å². The van der Waals surface area contributed by atoms with E-state index in [1.807, 2.05) is 4.90 Å². The molecular formula is C16H29N3OS. The standard InChI is InChI=1S/C16H29N3OS/c1-21-9-4-14(17)16(20)19-7-5-18(6-8-19)15-11-12-2-3-13(15)10-12/h12-15H,2-11,17H2,1H3/t12?,13?,14-,15?/m0/s1. The fraction of sp³-hybridized carbons (Fsp3) is 0.938. The minimum absolute atomic E-state index is 0.164. The molecule has 120 valence electrons. The Morgan fingerprint density at radius 3 is 2.57 bits per heavy atom. The Labute approximate surface area is 132 Å². The summed E-state index contributed by atoms with van der Waals surface area (Å²) in [5.74, 6) is 3.08. The average Bonchev–Trinajstić information content (AvgIpc) is 3.15. The monoisotopic (exact) mass is 311 g/mol. The van der Waals surface area contributed by atoms with Gasteiger partial charge in [0.2, 0.25) is 5.91 Å². The van der Waals surface area contributed by atoms with Crippen molar-refractivity contribution in [2.75, 3.05) is 38.2 Å². The molecule has 1 amide bonds. The molecule has 5 heteroatoms. The Bertz CT molecular complexity index is 371. The van der Waals surface area contributed by atoms with Crippen LogP contribution in [-0.2, 0) is 4.79 Å². The van der Waals surface area contributed by atoms with E-state index in [-0.39, 0.29) is 11.9 Å². The van der Waals surface area contributed by atoms with Crippen LogP contribution in [0.2, 0.25) is 0 Å². The summed E-state index contributed by atoms with van der Waals surface area (Å²) in [5, 5.41) is 0. The van der Waals surface area contributed by atoms with Crippen molar-refractivity contribution in [1.29, 1.82) is 0 Å². The molecule has 4 atom stereocenters. The Kier molecular flexibility index (Phi) is 5.12. The van der Waals surface area contributed by atoms with Gasteiger partial charge in [-0.15, -0.1) is 0 Å². The van der Waals surface area contributed by atoms with Crippen LogP contribution in [0, 0.1) is 11.8 Å². The molecule has 3 unspecified atom stereocenters. The van der Waals surface area contributed by atoms with Gasteiger partial charge in [-0.1, -0.05) is 6.42 Å². The van der Waals surface area contributed by atoms with Crippen LogP contribution in [0.3, 0.4) is 0 Å². The lowest BCUT2D eigenvalue weighted by molar-refractivity contribution is -0.134. The number of rotatable bonds is 5. The number of fused-ring (bicyclic) bond motifs is 2. The predicted octanol–water partition coefficient (Wildman–Crippen LogP) is 1.40. The molecule has 2 N–H and O–H groups in total. The number of thioether (sulfide) groups is 1. The SMILES string of the molecule is CSCC[C@H](N)C(=O)N1CCN(C2CC3CCC2C3)CC1. The lowest BCUT2D eigenvalue weighted by Crippen LogP contribution is -2.56. The zero-order chi connectivity index (χ0) is 14.8. The van der Waals surface area contributed by atoms with Crippen molar-refractivity contribution in [3.63, 3.8) is 0 Å². The lowest BCUT2D eigenvalue weighted by atomic mass is 9.93. The maximum absolute atomic E-state index is 12.3.